The topological polar surface area (TPSA) is 35.6 Å². The number of halogens is 1. The molecule has 0 saturated carbocycles. The zero-order valence-electron chi connectivity index (χ0n) is 11.4. The molecule has 2 heterocycles. The van der Waals surface area contributed by atoms with E-state index >= 15 is 0 Å². The molecular weight excluding hydrogens is 248 g/mol. The molecule has 0 unspecified atom stereocenters. The SMILES string of the molecule is CCc1cc(CC)n(-c2c(CCl)c(C)nn2C)n1. The second-order valence-corrected chi connectivity index (χ2v) is 4.66. The molecule has 2 rings (SSSR count). The molecule has 0 fully saturated rings. The molecular formula is C13H19ClN4. The van der Waals surface area contributed by atoms with Crippen molar-refractivity contribution in [2.75, 3.05) is 0 Å². The van der Waals surface area contributed by atoms with E-state index in [0.717, 1.165) is 35.6 Å². The molecule has 0 radical (unpaired) electrons. The van der Waals surface area contributed by atoms with E-state index in [1.54, 1.807) is 0 Å². The maximum atomic E-state index is 6.04. The van der Waals surface area contributed by atoms with Crippen LogP contribution >= 0.6 is 11.6 Å². The molecule has 0 aromatic carbocycles. The van der Waals surface area contributed by atoms with Crippen LogP contribution in [-0.4, -0.2) is 19.6 Å². The van der Waals surface area contributed by atoms with Gasteiger partial charge in [-0.15, -0.1) is 11.6 Å². The summed E-state index contributed by atoms with van der Waals surface area (Å²) in [7, 11) is 1.94. The van der Waals surface area contributed by atoms with Gasteiger partial charge in [-0.1, -0.05) is 13.8 Å². The maximum absolute atomic E-state index is 6.04. The molecule has 4 nitrogen and oxygen atoms in total. The fraction of sp³-hybridized carbons (Fsp3) is 0.538. The van der Waals surface area contributed by atoms with Gasteiger partial charge in [-0.25, -0.2) is 4.68 Å². The summed E-state index contributed by atoms with van der Waals surface area (Å²) in [5, 5.41) is 9.09. The van der Waals surface area contributed by atoms with E-state index in [0.29, 0.717) is 5.88 Å². The fourth-order valence-corrected chi connectivity index (χ4v) is 2.51. The molecule has 98 valence electrons. The second kappa shape index (κ2) is 5.14. The van der Waals surface area contributed by atoms with Crippen molar-refractivity contribution in [1.82, 2.24) is 19.6 Å². The van der Waals surface area contributed by atoms with E-state index in [1.807, 2.05) is 23.3 Å². The van der Waals surface area contributed by atoms with Crippen LogP contribution in [0.5, 0.6) is 0 Å². The number of nitrogens with zero attached hydrogens (tertiary/aromatic N) is 4. The number of aromatic nitrogens is 4. The highest BCUT2D eigenvalue weighted by Crippen LogP contribution is 2.22. The zero-order chi connectivity index (χ0) is 13.3. The monoisotopic (exact) mass is 266 g/mol. The van der Waals surface area contributed by atoms with Crippen molar-refractivity contribution in [2.45, 2.75) is 39.5 Å². The Balaban J connectivity index is 2.64. The van der Waals surface area contributed by atoms with Crippen molar-refractivity contribution in [3.8, 4) is 5.82 Å². The minimum Gasteiger partial charge on any atom is -0.250 e. The van der Waals surface area contributed by atoms with E-state index in [2.05, 4.69) is 30.1 Å². The smallest absolute Gasteiger partial charge is 0.156 e. The average molecular weight is 267 g/mol. The molecule has 0 aliphatic rings. The van der Waals surface area contributed by atoms with Gasteiger partial charge in [-0.05, 0) is 25.8 Å². The number of rotatable bonds is 4. The summed E-state index contributed by atoms with van der Waals surface area (Å²) in [6.07, 6.45) is 1.88. The van der Waals surface area contributed by atoms with Crippen LogP contribution in [0.2, 0.25) is 0 Å². The Morgan fingerprint density at radius 2 is 1.94 bits per heavy atom. The third kappa shape index (κ3) is 2.05. The van der Waals surface area contributed by atoms with Gasteiger partial charge >= 0.3 is 0 Å². The maximum Gasteiger partial charge on any atom is 0.156 e. The summed E-state index contributed by atoms with van der Waals surface area (Å²) in [6.45, 7) is 6.23. The molecule has 0 aliphatic heterocycles. The number of hydrogen-bond acceptors (Lipinski definition) is 2. The Bertz CT molecular complexity index is 554. The summed E-state index contributed by atoms with van der Waals surface area (Å²) in [5.41, 5.74) is 4.32. The van der Waals surface area contributed by atoms with E-state index in [4.69, 9.17) is 11.6 Å². The quantitative estimate of drug-likeness (QED) is 0.798. The predicted octanol–water partition coefficient (Wildman–Crippen LogP) is 2.78. The minimum absolute atomic E-state index is 0.458. The van der Waals surface area contributed by atoms with Crippen LogP contribution in [0.1, 0.15) is 36.5 Å². The van der Waals surface area contributed by atoms with E-state index in [1.165, 1.54) is 5.69 Å². The first kappa shape index (κ1) is 13.1. The van der Waals surface area contributed by atoms with Crippen LogP contribution in [-0.2, 0) is 25.8 Å². The molecule has 18 heavy (non-hydrogen) atoms. The third-order valence-corrected chi connectivity index (χ3v) is 3.47. The van der Waals surface area contributed by atoms with E-state index in [-0.39, 0.29) is 0 Å². The largest absolute Gasteiger partial charge is 0.250 e. The predicted molar refractivity (Wildman–Crippen MR) is 73.4 cm³/mol. The summed E-state index contributed by atoms with van der Waals surface area (Å²) in [4.78, 5) is 0. The van der Waals surface area contributed by atoms with Crippen molar-refractivity contribution < 1.29 is 0 Å². The lowest BCUT2D eigenvalue weighted by Crippen LogP contribution is -2.09. The molecule has 0 spiro atoms. The van der Waals surface area contributed by atoms with E-state index in [9.17, 15) is 0 Å². The molecule has 0 aliphatic carbocycles. The first-order valence-electron chi connectivity index (χ1n) is 6.28. The van der Waals surface area contributed by atoms with Crippen molar-refractivity contribution >= 4 is 11.6 Å². The molecule has 5 heteroatoms. The van der Waals surface area contributed by atoms with Crippen LogP contribution in [0.4, 0.5) is 0 Å². The lowest BCUT2D eigenvalue weighted by Gasteiger charge is -2.08. The fourth-order valence-electron chi connectivity index (χ4n) is 2.19. The molecule has 0 saturated heterocycles. The van der Waals surface area contributed by atoms with Gasteiger partial charge in [0.25, 0.3) is 0 Å². The summed E-state index contributed by atoms with van der Waals surface area (Å²) in [6, 6.07) is 2.15. The first-order chi connectivity index (χ1) is 8.62. The van der Waals surface area contributed by atoms with Gasteiger partial charge in [-0.2, -0.15) is 10.2 Å². The molecule has 0 amide bonds. The van der Waals surface area contributed by atoms with Crippen LogP contribution in [0.15, 0.2) is 6.07 Å². The van der Waals surface area contributed by atoms with Crippen molar-refractivity contribution in [3.63, 3.8) is 0 Å². The third-order valence-electron chi connectivity index (χ3n) is 3.21. The molecule has 0 bridgehead atoms. The average Bonchev–Trinajstić information content (AvgIpc) is 2.88. The van der Waals surface area contributed by atoms with Crippen molar-refractivity contribution in [2.24, 2.45) is 7.05 Å². The zero-order valence-corrected chi connectivity index (χ0v) is 12.1. The lowest BCUT2D eigenvalue weighted by atomic mass is 10.2. The highest BCUT2D eigenvalue weighted by molar-refractivity contribution is 6.17. The van der Waals surface area contributed by atoms with Crippen LogP contribution in [0.25, 0.3) is 5.82 Å². The van der Waals surface area contributed by atoms with E-state index < -0.39 is 0 Å². The highest BCUT2D eigenvalue weighted by atomic mass is 35.5. The summed E-state index contributed by atoms with van der Waals surface area (Å²) >= 11 is 6.04. The molecule has 2 aromatic heterocycles. The van der Waals surface area contributed by atoms with Gasteiger partial charge in [0.15, 0.2) is 5.82 Å². The van der Waals surface area contributed by atoms with Gasteiger partial charge in [0.1, 0.15) is 0 Å². The normalized spacial score (nSPS) is 11.2. The number of alkyl halides is 1. The Morgan fingerprint density at radius 3 is 2.50 bits per heavy atom. The van der Waals surface area contributed by atoms with Gasteiger partial charge in [-0.3, -0.25) is 4.68 Å². The summed E-state index contributed by atoms with van der Waals surface area (Å²) < 4.78 is 3.84. The van der Waals surface area contributed by atoms with Crippen LogP contribution in [0.3, 0.4) is 0 Å². The number of aryl methyl sites for hydroxylation is 4. The Kier molecular flexibility index (Phi) is 3.76. The van der Waals surface area contributed by atoms with Crippen LogP contribution < -0.4 is 0 Å². The van der Waals surface area contributed by atoms with Crippen molar-refractivity contribution in [3.05, 3.63) is 28.7 Å². The van der Waals surface area contributed by atoms with Gasteiger partial charge in [0.2, 0.25) is 0 Å². The van der Waals surface area contributed by atoms with Gasteiger partial charge in [0.05, 0.1) is 17.3 Å². The Labute approximate surface area is 113 Å². The lowest BCUT2D eigenvalue weighted by molar-refractivity contribution is 0.671. The van der Waals surface area contributed by atoms with Crippen molar-refractivity contribution in [1.29, 1.82) is 0 Å². The van der Waals surface area contributed by atoms with Gasteiger partial charge < -0.3 is 0 Å². The minimum atomic E-state index is 0.458. The van der Waals surface area contributed by atoms with Gasteiger partial charge in [0, 0.05) is 18.3 Å². The second-order valence-electron chi connectivity index (χ2n) is 4.39. The Hall–Kier alpha value is -1.29. The number of hydrogen-bond donors (Lipinski definition) is 0. The molecule has 2 aromatic rings. The molecule has 0 atom stereocenters. The van der Waals surface area contributed by atoms with Crippen LogP contribution in [0, 0.1) is 6.92 Å². The molecule has 0 N–H and O–H groups in total. The Morgan fingerprint density at radius 1 is 1.22 bits per heavy atom. The standard InChI is InChI=1S/C13H19ClN4/c1-5-10-7-11(6-2)18(16-10)13-12(8-14)9(3)15-17(13)4/h7H,5-6,8H2,1-4H3. The highest BCUT2D eigenvalue weighted by Gasteiger charge is 2.17. The summed E-state index contributed by atoms with van der Waals surface area (Å²) in [5.74, 6) is 1.44. The first-order valence-corrected chi connectivity index (χ1v) is 6.82.